The van der Waals surface area contributed by atoms with E-state index >= 15 is 0 Å². The van der Waals surface area contributed by atoms with E-state index in [0.717, 1.165) is 6.26 Å². The van der Waals surface area contributed by atoms with Gasteiger partial charge in [-0.1, -0.05) is 0 Å². The van der Waals surface area contributed by atoms with Gasteiger partial charge in [0.2, 0.25) is 10.0 Å². The summed E-state index contributed by atoms with van der Waals surface area (Å²) in [5.74, 6) is -0.164. The number of anilines is 1. The number of hydrogen-bond acceptors (Lipinski definition) is 5. The van der Waals surface area contributed by atoms with Crippen molar-refractivity contribution in [2.45, 2.75) is 6.10 Å². The predicted octanol–water partition coefficient (Wildman–Crippen LogP) is -0.109. The van der Waals surface area contributed by atoms with Gasteiger partial charge in [0.15, 0.2) is 0 Å². The lowest BCUT2D eigenvalue weighted by Crippen LogP contribution is -2.46. The van der Waals surface area contributed by atoms with Gasteiger partial charge < -0.3 is 14.7 Å². The molecule has 1 fully saturated rings. The summed E-state index contributed by atoms with van der Waals surface area (Å²) >= 11 is 0. The van der Waals surface area contributed by atoms with E-state index < -0.39 is 10.0 Å². The number of nitrogens with one attached hydrogen (secondary N) is 1. The average molecular weight is 314 g/mol. The number of ether oxygens (including phenoxy) is 1. The third-order valence-corrected chi connectivity index (χ3v) is 3.67. The zero-order valence-corrected chi connectivity index (χ0v) is 12.5. The molecule has 0 bridgehead atoms. The van der Waals surface area contributed by atoms with Crippen LogP contribution in [0.4, 0.5) is 5.69 Å². The van der Waals surface area contributed by atoms with E-state index in [4.69, 9.17) is 9.84 Å². The van der Waals surface area contributed by atoms with Crippen LogP contribution in [-0.4, -0.2) is 63.0 Å². The third-order valence-electron chi connectivity index (χ3n) is 3.06. The third kappa shape index (κ3) is 4.42. The lowest BCUT2D eigenvalue weighted by atomic mass is 10.1. The van der Waals surface area contributed by atoms with Crippen molar-refractivity contribution in [1.29, 1.82) is 0 Å². The average Bonchev–Trinajstić information content (AvgIpc) is 2.46. The minimum atomic E-state index is -3.33. The molecule has 2 rings (SSSR count). The Bertz CT molecular complexity index is 599. The number of benzene rings is 1. The smallest absolute Gasteiger partial charge is 0.254 e. The summed E-state index contributed by atoms with van der Waals surface area (Å²) in [5.41, 5.74) is 0.872. The number of aliphatic hydroxyl groups is 1. The van der Waals surface area contributed by atoms with Gasteiger partial charge in [-0.05, 0) is 24.3 Å². The predicted molar refractivity (Wildman–Crippen MR) is 77.6 cm³/mol. The van der Waals surface area contributed by atoms with Crippen molar-refractivity contribution in [2.75, 3.05) is 37.3 Å². The number of aliphatic hydroxyl groups excluding tert-OH is 1. The Morgan fingerprint density at radius 2 is 2.10 bits per heavy atom. The summed E-state index contributed by atoms with van der Waals surface area (Å²) in [4.78, 5) is 13.9. The number of nitrogens with zero attached hydrogens (tertiary/aromatic N) is 1. The highest BCUT2D eigenvalue weighted by Crippen LogP contribution is 2.14. The lowest BCUT2D eigenvalue weighted by Gasteiger charge is -2.32. The van der Waals surface area contributed by atoms with E-state index in [2.05, 4.69) is 4.72 Å². The van der Waals surface area contributed by atoms with Gasteiger partial charge in [-0.2, -0.15) is 0 Å². The van der Waals surface area contributed by atoms with Crippen LogP contribution in [0.2, 0.25) is 0 Å². The molecule has 0 radical (unpaired) electrons. The minimum Gasteiger partial charge on any atom is -0.394 e. The van der Waals surface area contributed by atoms with Gasteiger partial charge in [-0.15, -0.1) is 0 Å². The highest BCUT2D eigenvalue weighted by atomic mass is 32.2. The second kappa shape index (κ2) is 6.42. The standard InChI is InChI=1S/C13H18N2O5S/c1-21(18,19)14-11-4-2-10(3-5-11)13(17)15-6-7-20-12(8-15)9-16/h2-5,12,14,16H,6-9H2,1H3. The van der Waals surface area contributed by atoms with Gasteiger partial charge in [0, 0.05) is 24.3 Å². The summed E-state index contributed by atoms with van der Waals surface area (Å²) in [5, 5.41) is 9.08. The fourth-order valence-electron chi connectivity index (χ4n) is 2.09. The van der Waals surface area contributed by atoms with Crippen molar-refractivity contribution >= 4 is 21.6 Å². The fraction of sp³-hybridized carbons (Fsp3) is 0.462. The van der Waals surface area contributed by atoms with Gasteiger partial charge in [0.1, 0.15) is 0 Å². The molecule has 0 spiro atoms. The topological polar surface area (TPSA) is 95.9 Å². The molecule has 1 amide bonds. The Balaban J connectivity index is 2.06. The number of amides is 1. The number of sulfonamides is 1. The molecule has 0 aliphatic carbocycles. The number of hydrogen-bond donors (Lipinski definition) is 2. The van der Waals surface area contributed by atoms with E-state index in [1.165, 1.54) is 12.1 Å². The number of morpholine rings is 1. The first-order valence-electron chi connectivity index (χ1n) is 6.48. The molecule has 0 saturated carbocycles. The van der Waals surface area contributed by atoms with Crippen LogP contribution in [0.15, 0.2) is 24.3 Å². The molecule has 7 nitrogen and oxygen atoms in total. The Morgan fingerprint density at radius 3 is 2.67 bits per heavy atom. The Morgan fingerprint density at radius 1 is 1.43 bits per heavy atom. The first-order chi connectivity index (χ1) is 9.89. The first-order valence-corrected chi connectivity index (χ1v) is 8.38. The molecule has 1 aliphatic rings. The maximum atomic E-state index is 12.3. The fourth-order valence-corrected chi connectivity index (χ4v) is 2.66. The summed E-state index contributed by atoms with van der Waals surface area (Å²) in [7, 11) is -3.33. The summed E-state index contributed by atoms with van der Waals surface area (Å²) in [6.45, 7) is 1.09. The second-order valence-electron chi connectivity index (χ2n) is 4.88. The van der Waals surface area contributed by atoms with Crippen molar-refractivity contribution in [2.24, 2.45) is 0 Å². The maximum absolute atomic E-state index is 12.3. The molecule has 0 aromatic heterocycles. The molecule has 8 heteroatoms. The van der Waals surface area contributed by atoms with Crippen molar-refractivity contribution in [3.05, 3.63) is 29.8 Å². The van der Waals surface area contributed by atoms with E-state index in [9.17, 15) is 13.2 Å². The van der Waals surface area contributed by atoms with Crippen LogP contribution in [0.5, 0.6) is 0 Å². The lowest BCUT2D eigenvalue weighted by molar-refractivity contribution is -0.0447. The van der Waals surface area contributed by atoms with Crippen LogP contribution in [0.1, 0.15) is 10.4 Å². The SMILES string of the molecule is CS(=O)(=O)Nc1ccc(C(=O)N2CCOC(CO)C2)cc1. The molecule has 1 heterocycles. The van der Waals surface area contributed by atoms with Crippen LogP contribution in [0.3, 0.4) is 0 Å². The molecule has 1 aromatic rings. The van der Waals surface area contributed by atoms with Gasteiger partial charge >= 0.3 is 0 Å². The molecular weight excluding hydrogens is 296 g/mol. The largest absolute Gasteiger partial charge is 0.394 e. The van der Waals surface area contributed by atoms with Gasteiger partial charge in [0.25, 0.3) is 5.91 Å². The first kappa shape index (κ1) is 15.7. The summed E-state index contributed by atoms with van der Waals surface area (Å²) in [6, 6.07) is 6.22. The molecule has 1 aliphatic heterocycles. The molecule has 21 heavy (non-hydrogen) atoms. The van der Waals surface area contributed by atoms with Gasteiger partial charge in [-0.25, -0.2) is 8.42 Å². The number of carbonyl (C=O) groups is 1. The van der Waals surface area contributed by atoms with Crippen LogP contribution in [0, 0.1) is 0 Å². The monoisotopic (exact) mass is 314 g/mol. The van der Waals surface area contributed by atoms with Crippen molar-refractivity contribution in [3.63, 3.8) is 0 Å². The molecule has 1 atom stereocenters. The van der Waals surface area contributed by atoms with Crippen molar-refractivity contribution in [1.82, 2.24) is 4.90 Å². The van der Waals surface area contributed by atoms with Crippen molar-refractivity contribution < 1.29 is 23.1 Å². The maximum Gasteiger partial charge on any atom is 0.254 e. The minimum absolute atomic E-state index is 0.124. The van der Waals surface area contributed by atoms with E-state index in [0.29, 0.717) is 30.9 Å². The highest BCUT2D eigenvalue weighted by Gasteiger charge is 2.24. The van der Waals surface area contributed by atoms with E-state index in [1.807, 2.05) is 0 Å². The van der Waals surface area contributed by atoms with Crippen LogP contribution < -0.4 is 4.72 Å². The van der Waals surface area contributed by atoms with Crippen LogP contribution >= 0.6 is 0 Å². The zero-order chi connectivity index (χ0) is 15.5. The number of rotatable bonds is 4. The molecule has 1 saturated heterocycles. The Hall–Kier alpha value is -1.64. The van der Waals surface area contributed by atoms with Crippen LogP contribution in [0.25, 0.3) is 0 Å². The Kier molecular flexibility index (Phi) is 4.81. The number of carbonyl (C=O) groups excluding carboxylic acids is 1. The summed E-state index contributed by atoms with van der Waals surface area (Å²) < 4.78 is 29.9. The second-order valence-corrected chi connectivity index (χ2v) is 6.63. The Labute approximate surface area is 123 Å². The normalized spacial score (nSPS) is 19.3. The molecule has 1 aromatic carbocycles. The van der Waals surface area contributed by atoms with Crippen LogP contribution in [-0.2, 0) is 14.8 Å². The zero-order valence-electron chi connectivity index (χ0n) is 11.7. The summed E-state index contributed by atoms with van der Waals surface area (Å²) in [6.07, 6.45) is 0.711. The molecule has 1 unspecified atom stereocenters. The molecular formula is C13H18N2O5S. The van der Waals surface area contributed by atoms with Gasteiger partial charge in [-0.3, -0.25) is 9.52 Å². The van der Waals surface area contributed by atoms with Crippen molar-refractivity contribution in [3.8, 4) is 0 Å². The van der Waals surface area contributed by atoms with Gasteiger partial charge in [0.05, 0.1) is 25.6 Å². The molecule has 2 N–H and O–H groups in total. The highest BCUT2D eigenvalue weighted by molar-refractivity contribution is 7.92. The molecule has 116 valence electrons. The van der Waals surface area contributed by atoms with E-state index in [1.54, 1.807) is 17.0 Å². The van der Waals surface area contributed by atoms with E-state index in [-0.39, 0.29) is 18.6 Å². The quantitative estimate of drug-likeness (QED) is 0.808.